The minimum atomic E-state index is -0.908. The standard InChI is InChI=1S/C27H31N5O4/c1-5-27(2,3)28-26(34)25(19-12-14-20(35-4)15-13-19)31(17-21-9-8-16-36-21)24(33)18-32-23-11-7-6-10-22(23)29-30-32/h6-16,25H,5,17-18H2,1-4H3,(H,28,34)/t25-/m0/s1. The minimum Gasteiger partial charge on any atom is -0.497 e. The molecule has 1 N–H and O–H groups in total. The van der Waals surface area contributed by atoms with Gasteiger partial charge in [0.1, 0.15) is 29.6 Å². The van der Waals surface area contributed by atoms with E-state index in [2.05, 4.69) is 15.6 Å². The van der Waals surface area contributed by atoms with Gasteiger partial charge in [0, 0.05) is 5.54 Å². The van der Waals surface area contributed by atoms with Crippen molar-refractivity contribution in [2.24, 2.45) is 0 Å². The number of nitrogens with zero attached hydrogens (tertiary/aromatic N) is 4. The van der Waals surface area contributed by atoms with E-state index in [0.29, 0.717) is 22.6 Å². The summed E-state index contributed by atoms with van der Waals surface area (Å²) in [7, 11) is 1.58. The molecule has 1 atom stereocenters. The number of carbonyl (C=O) groups is 2. The van der Waals surface area contributed by atoms with E-state index in [0.717, 1.165) is 11.9 Å². The number of furan rings is 1. The first kappa shape index (κ1) is 25.0. The van der Waals surface area contributed by atoms with E-state index in [9.17, 15) is 9.59 Å². The Hall–Kier alpha value is -4.14. The van der Waals surface area contributed by atoms with E-state index in [1.54, 1.807) is 54.5 Å². The maximum Gasteiger partial charge on any atom is 0.247 e. The van der Waals surface area contributed by atoms with E-state index < -0.39 is 11.6 Å². The molecule has 0 unspecified atom stereocenters. The van der Waals surface area contributed by atoms with Crippen LogP contribution in [0.2, 0.25) is 0 Å². The molecule has 2 heterocycles. The number of nitrogens with one attached hydrogen (secondary N) is 1. The number of para-hydroxylation sites is 1. The average Bonchev–Trinajstić information content (AvgIpc) is 3.54. The van der Waals surface area contributed by atoms with Crippen molar-refractivity contribution in [2.45, 2.75) is 51.9 Å². The lowest BCUT2D eigenvalue weighted by molar-refractivity contribution is -0.143. The molecule has 0 spiro atoms. The number of carbonyl (C=O) groups excluding carboxylic acids is 2. The van der Waals surface area contributed by atoms with Gasteiger partial charge in [0.25, 0.3) is 0 Å². The highest BCUT2D eigenvalue weighted by Crippen LogP contribution is 2.27. The number of aromatic nitrogens is 3. The third-order valence-electron chi connectivity index (χ3n) is 6.27. The summed E-state index contributed by atoms with van der Waals surface area (Å²) in [5.41, 5.74) is 1.63. The van der Waals surface area contributed by atoms with E-state index in [-0.39, 0.29) is 24.9 Å². The Morgan fingerprint density at radius 2 is 1.86 bits per heavy atom. The topological polar surface area (TPSA) is 102 Å². The maximum absolute atomic E-state index is 13.8. The first-order valence-electron chi connectivity index (χ1n) is 11.9. The first-order valence-corrected chi connectivity index (χ1v) is 11.9. The van der Waals surface area contributed by atoms with Crippen molar-refractivity contribution in [3.63, 3.8) is 0 Å². The zero-order valence-corrected chi connectivity index (χ0v) is 21.0. The highest BCUT2D eigenvalue weighted by molar-refractivity contribution is 5.89. The quantitative estimate of drug-likeness (QED) is 0.360. The third kappa shape index (κ3) is 5.56. The van der Waals surface area contributed by atoms with Crippen molar-refractivity contribution in [1.29, 1.82) is 0 Å². The van der Waals surface area contributed by atoms with Gasteiger partial charge >= 0.3 is 0 Å². The Morgan fingerprint density at radius 1 is 1.11 bits per heavy atom. The summed E-state index contributed by atoms with van der Waals surface area (Å²) in [5.74, 6) is 0.639. The van der Waals surface area contributed by atoms with E-state index in [1.165, 1.54) is 4.90 Å². The summed E-state index contributed by atoms with van der Waals surface area (Å²) in [5, 5.41) is 11.4. The van der Waals surface area contributed by atoms with E-state index >= 15 is 0 Å². The molecule has 0 aliphatic heterocycles. The van der Waals surface area contributed by atoms with Gasteiger partial charge in [-0.25, -0.2) is 4.68 Å². The molecule has 2 aromatic heterocycles. The van der Waals surface area contributed by atoms with Crippen molar-refractivity contribution >= 4 is 22.8 Å². The molecule has 0 aliphatic carbocycles. The fourth-order valence-electron chi connectivity index (χ4n) is 3.90. The van der Waals surface area contributed by atoms with E-state index in [1.807, 2.05) is 45.0 Å². The van der Waals surface area contributed by atoms with Crippen molar-refractivity contribution in [2.75, 3.05) is 7.11 Å². The Kier molecular flexibility index (Phi) is 7.38. The first-order chi connectivity index (χ1) is 17.3. The largest absolute Gasteiger partial charge is 0.497 e. The van der Waals surface area contributed by atoms with Crippen molar-refractivity contribution in [3.8, 4) is 5.75 Å². The summed E-state index contributed by atoms with van der Waals surface area (Å²) in [4.78, 5) is 29.1. The van der Waals surface area contributed by atoms with Gasteiger partial charge in [-0.1, -0.05) is 36.4 Å². The number of amides is 2. The molecule has 0 saturated carbocycles. The number of hydrogen-bond donors (Lipinski definition) is 1. The Bertz CT molecular complexity index is 1310. The fraction of sp³-hybridized carbons (Fsp3) is 0.333. The van der Waals surface area contributed by atoms with Crippen molar-refractivity contribution in [1.82, 2.24) is 25.2 Å². The lowest BCUT2D eigenvalue weighted by atomic mass is 9.98. The molecule has 0 radical (unpaired) electrons. The molecule has 2 aromatic carbocycles. The maximum atomic E-state index is 13.8. The summed E-state index contributed by atoms with van der Waals surface area (Å²) in [6.07, 6.45) is 2.27. The van der Waals surface area contributed by atoms with Gasteiger partial charge in [-0.05, 0) is 62.2 Å². The van der Waals surface area contributed by atoms with Crippen LogP contribution in [0.5, 0.6) is 5.75 Å². The number of ether oxygens (including phenoxy) is 1. The summed E-state index contributed by atoms with van der Waals surface area (Å²) < 4.78 is 12.4. The van der Waals surface area contributed by atoms with Gasteiger partial charge in [0.05, 0.1) is 25.4 Å². The molecule has 0 fully saturated rings. The zero-order chi connectivity index (χ0) is 25.7. The molecule has 0 bridgehead atoms. The monoisotopic (exact) mass is 489 g/mol. The van der Waals surface area contributed by atoms with Crippen molar-refractivity contribution in [3.05, 3.63) is 78.3 Å². The highest BCUT2D eigenvalue weighted by atomic mass is 16.5. The molecule has 36 heavy (non-hydrogen) atoms. The van der Waals surface area contributed by atoms with Crippen LogP contribution in [0.15, 0.2) is 71.3 Å². The minimum absolute atomic E-state index is 0.0850. The molecular formula is C27H31N5O4. The summed E-state index contributed by atoms with van der Waals surface area (Å²) in [6, 6.07) is 17.2. The molecule has 4 rings (SSSR count). The number of fused-ring (bicyclic) bond motifs is 1. The molecule has 0 aliphatic rings. The number of benzene rings is 2. The highest BCUT2D eigenvalue weighted by Gasteiger charge is 2.34. The Labute approximate surface area is 210 Å². The third-order valence-corrected chi connectivity index (χ3v) is 6.27. The summed E-state index contributed by atoms with van der Waals surface area (Å²) >= 11 is 0. The summed E-state index contributed by atoms with van der Waals surface area (Å²) in [6.45, 7) is 5.93. The second-order valence-corrected chi connectivity index (χ2v) is 9.24. The van der Waals surface area contributed by atoms with E-state index in [4.69, 9.17) is 9.15 Å². The molecule has 9 nitrogen and oxygen atoms in total. The van der Waals surface area contributed by atoms with Gasteiger partial charge < -0.3 is 19.4 Å². The van der Waals surface area contributed by atoms with Gasteiger partial charge in [0.15, 0.2) is 0 Å². The van der Waals surface area contributed by atoms with Crippen LogP contribution in [0.3, 0.4) is 0 Å². The van der Waals surface area contributed by atoms with Gasteiger partial charge in [-0.2, -0.15) is 0 Å². The Morgan fingerprint density at radius 3 is 2.53 bits per heavy atom. The van der Waals surface area contributed by atoms with Crippen LogP contribution in [-0.2, 0) is 22.7 Å². The molecular weight excluding hydrogens is 458 g/mol. The van der Waals surface area contributed by atoms with Crippen LogP contribution >= 0.6 is 0 Å². The van der Waals surface area contributed by atoms with Crippen LogP contribution in [0, 0.1) is 0 Å². The molecule has 9 heteroatoms. The lowest BCUT2D eigenvalue weighted by Crippen LogP contribution is -2.50. The van der Waals surface area contributed by atoms with Gasteiger partial charge in [-0.15, -0.1) is 5.10 Å². The predicted octanol–water partition coefficient (Wildman–Crippen LogP) is 4.11. The molecule has 2 amide bonds. The number of rotatable bonds is 10. The van der Waals surface area contributed by atoms with Crippen LogP contribution in [-0.4, -0.2) is 44.4 Å². The second kappa shape index (κ2) is 10.6. The Balaban J connectivity index is 1.74. The molecule has 0 saturated heterocycles. The van der Waals surface area contributed by atoms with Crippen LogP contribution in [0.25, 0.3) is 11.0 Å². The van der Waals surface area contributed by atoms with Crippen LogP contribution < -0.4 is 10.1 Å². The molecule has 188 valence electrons. The van der Waals surface area contributed by atoms with Gasteiger partial charge in [-0.3, -0.25) is 9.59 Å². The normalized spacial score (nSPS) is 12.3. The SMILES string of the molecule is CCC(C)(C)NC(=O)[C@H](c1ccc(OC)cc1)N(Cc1ccco1)C(=O)Cn1nnc2ccccc21. The second-order valence-electron chi connectivity index (χ2n) is 9.24. The smallest absolute Gasteiger partial charge is 0.247 e. The average molecular weight is 490 g/mol. The van der Waals surface area contributed by atoms with Crippen LogP contribution in [0.4, 0.5) is 0 Å². The number of hydrogen-bond acceptors (Lipinski definition) is 6. The lowest BCUT2D eigenvalue weighted by Gasteiger charge is -2.34. The zero-order valence-electron chi connectivity index (χ0n) is 21.0. The van der Waals surface area contributed by atoms with Crippen LogP contribution in [0.1, 0.15) is 44.6 Å². The predicted molar refractivity (Wildman–Crippen MR) is 135 cm³/mol. The number of methoxy groups -OCH3 is 1. The van der Waals surface area contributed by atoms with Gasteiger partial charge in [0.2, 0.25) is 11.8 Å². The molecule has 4 aromatic rings. The fourth-order valence-corrected chi connectivity index (χ4v) is 3.90. The van der Waals surface area contributed by atoms with Crippen molar-refractivity contribution < 1.29 is 18.7 Å².